The maximum absolute atomic E-state index is 11.3. The molecule has 100 valence electrons. The first-order valence-corrected chi connectivity index (χ1v) is 7.76. The van der Waals surface area contributed by atoms with E-state index in [-0.39, 0.29) is 0 Å². The van der Waals surface area contributed by atoms with Crippen LogP contribution < -0.4 is 10.1 Å². The van der Waals surface area contributed by atoms with Gasteiger partial charge >= 0.3 is 0 Å². The van der Waals surface area contributed by atoms with Gasteiger partial charge in [-0.1, -0.05) is 0 Å². The van der Waals surface area contributed by atoms with Gasteiger partial charge in [-0.3, -0.25) is 4.21 Å². The fraction of sp³-hybridized carbons (Fsp3) is 0.667. The van der Waals surface area contributed by atoms with E-state index in [2.05, 4.69) is 15.3 Å². The topological polar surface area (TPSA) is 64.1 Å². The average Bonchev–Trinajstić information content (AvgIpc) is 2.32. The molecule has 0 aromatic carbocycles. The van der Waals surface area contributed by atoms with Crippen molar-refractivity contribution < 1.29 is 8.95 Å². The van der Waals surface area contributed by atoms with Crippen molar-refractivity contribution in [3.63, 3.8) is 0 Å². The van der Waals surface area contributed by atoms with E-state index in [1.54, 1.807) is 0 Å². The van der Waals surface area contributed by atoms with Gasteiger partial charge in [0.2, 0.25) is 11.8 Å². The molecule has 0 saturated carbocycles. The second-order valence-electron chi connectivity index (χ2n) is 4.37. The van der Waals surface area contributed by atoms with Crippen molar-refractivity contribution in [3.05, 3.63) is 11.8 Å². The predicted molar refractivity (Wildman–Crippen MR) is 72.5 cm³/mol. The molecular formula is C12H19N3O2S. The van der Waals surface area contributed by atoms with Crippen LogP contribution in [0.4, 0.5) is 5.95 Å². The molecule has 0 amide bonds. The first kappa shape index (κ1) is 13.3. The average molecular weight is 269 g/mol. The molecule has 0 bridgehead atoms. The van der Waals surface area contributed by atoms with Crippen LogP contribution in [0, 0.1) is 6.92 Å². The smallest absolute Gasteiger partial charge is 0.226 e. The Kier molecular flexibility index (Phi) is 4.52. The third-order valence-electron chi connectivity index (χ3n) is 2.84. The molecule has 5 nitrogen and oxygen atoms in total. The normalized spacial score (nSPS) is 23.7. The van der Waals surface area contributed by atoms with Crippen molar-refractivity contribution in [3.8, 4) is 5.88 Å². The lowest BCUT2D eigenvalue weighted by atomic mass is 10.2. The maximum Gasteiger partial charge on any atom is 0.226 e. The van der Waals surface area contributed by atoms with Gasteiger partial charge in [0.15, 0.2) is 0 Å². The van der Waals surface area contributed by atoms with Crippen molar-refractivity contribution in [1.29, 1.82) is 0 Å². The Morgan fingerprint density at radius 3 is 2.83 bits per heavy atom. The van der Waals surface area contributed by atoms with E-state index in [1.807, 2.05) is 19.9 Å². The van der Waals surface area contributed by atoms with Crippen LogP contribution in [0.1, 0.15) is 25.5 Å². The van der Waals surface area contributed by atoms with Crippen LogP contribution in [0.3, 0.4) is 0 Å². The van der Waals surface area contributed by atoms with E-state index in [0.717, 1.165) is 30.0 Å². The zero-order valence-electron chi connectivity index (χ0n) is 10.8. The Balaban J connectivity index is 2.02. The molecule has 0 spiro atoms. The van der Waals surface area contributed by atoms with E-state index in [4.69, 9.17) is 4.74 Å². The van der Waals surface area contributed by atoms with Gasteiger partial charge in [0, 0.05) is 40.1 Å². The molecule has 0 unspecified atom stereocenters. The third kappa shape index (κ3) is 3.66. The van der Waals surface area contributed by atoms with Gasteiger partial charge < -0.3 is 10.1 Å². The summed E-state index contributed by atoms with van der Waals surface area (Å²) in [6.07, 6.45) is 1.82. The standard InChI is InChI=1S/C12H19N3O2S/c1-3-17-11-8-9(2)13-12(15-11)14-10-4-6-18(16)7-5-10/h8,10H,3-7H2,1-2H3,(H,13,14,15). The minimum absolute atomic E-state index is 0.318. The Bertz CT molecular complexity index is 429. The minimum atomic E-state index is -0.636. The zero-order valence-corrected chi connectivity index (χ0v) is 11.6. The van der Waals surface area contributed by atoms with Gasteiger partial charge in [-0.15, -0.1) is 0 Å². The summed E-state index contributed by atoms with van der Waals surface area (Å²) in [6.45, 7) is 4.45. The van der Waals surface area contributed by atoms with Crippen LogP contribution in [0.5, 0.6) is 5.88 Å². The van der Waals surface area contributed by atoms with Crippen LogP contribution in [0.2, 0.25) is 0 Å². The molecular weight excluding hydrogens is 250 g/mol. The number of aromatic nitrogens is 2. The van der Waals surface area contributed by atoms with Crippen molar-refractivity contribution in [2.45, 2.75) is 32.7 Å². The molecule has 1 aliphatic heterocycles. The molecule has 0 radical (unpaired) electrons. The van der Waals surface area contributed by atoms with Gasteiger partial charge in [0.25, 0.3) is 0 Å². The molecule has 1 aromatic rings. The molecule has 1 N–H and O–H groups in total. The summed E-state index contributed by atoms with van der Waals surface area (Å²) in [6, 6.07) is 2.14. The van der Waals surface area contributed by atoms with Crippen LogP contribution in [-0.2, 0) is 10.8 Å². The Morgan fingerprint density at radius 2 is 2.17 bits per heavy atom. The molecule has 1 aromatic heterocycles. The lowest BCUT2D eigenvalue weighted by Crippen LogP contribution is -2.30. The molecule has 18 heavy (non-hydrogen) atoms. The molecule has 0 atom stereocenters. The van der Waals surface area contributed by atoms with Crippen LogP contribution >= 0.6 is 0 Å². The monoisotopic (exact) mass is 269 g/mol. The van der Waals surface area contributed by atoms with Crippen LogP contribution in [-0.4, -0.2) is 38.3 Å². The van der Waals surface area contributed by atoms with Gasteiger partial charge in [0.1, 0.15) is 0 Å². The van der Waals surface area contributed by atoms with Gasteiger partial charge in [-0.2, -0.15) is 4.98 Å². The summed E-state index contributed by atoms with van der Waals surface area (Å²) in [5, 5.41) is 3.30. The largest absolute Gasteiger partial charge is 0.478 e. The fourth-order valence-corrected chi connectivity index (χ4v) is 3.25. The van der Waals surface area contributed by atoms with Crippen molar-refractivity contribution in [2.24, 2.45) is 0 Å². The quantitative estimate of drug-likeness (QED) is 0.897. The molecule has 1 fully saturated rings. The third-order valence-corrected chi connectivity index (χ3v) is 4.23. The molecule has 0 aliphatic carbocycles. The van der Waals surface area contributed by atoms with E-state index < -0.39 is 10.8 Å². The highest BCUT2D eigenvalue weighted by molar-refractivity contribution is 7.85. The second kappa shape index (κ2) is 6.13. The highest BCUT2D eigenvalue weighted by atomic mass is 32.2. The molecule has 2 heterocycles. The number of hydrogen-bond acceptors (Lipinski definition) is 5. The Hall–Kier alpha value is -1.17. The summed E-state index contributed by atoms with van der Waals surface area (Å²) in [7, 11) is -0.636. The second-order valence-corrected chi connectivity index (χ2v) is 6.07. The summed E-state index contributed by atoms with van der Waals surface area (Å²) < 4.78 is 16.7. The van der Waals surface area contributed by atoms with E-state index in [9.17, 15) is 4.21 Å². The Morgan fingerprint density at radius 1 is 1.44 bits per heavy atom. The number of rotatable bonds is 4. The minimum Gasteiger partial charge on any atom is -0.478 e. The van der Waals surface area contributed by atoms with E-state index in [1.165, 1.54) is 0 Å². The number of ether oxygens (including phenoxy) is 1. The van der Waals surface area contributed by atoms with Crippen molar-refractivity contribution >= 4 is 16.7 Å². The highest BCUT2D eigenvalue weighted by Gasteiger charge is 2.18. The Labute approximate surface area is 110 Å². The maximum atomic E-state index is 11.3. The summed E-state index contributed by atoms with van der Waals surface area (Å²) in [5.41, 5.74) is 0.885. The number of nitrogens with one attached hydrogen (secondary N) is 1. The van der Waals surface area contributed by atoms with Crippen molar-refractivity contribution in [1.82, 2.24) is 9.97 Å². The SMILES string of the molecule is CCOc1cc(C)nc(NC2CCS(=O)CC2)n1. The first-order chi connectivity index (χ1) is 8.67. The lowest BCUT2D eigenvalue weighted by molar-refractivity contribution is 0.326. The molecule has 1 aliphatic rings. The number of aryl methyl sites for hydroxylation is 1. The van der Waals surface area contributed by atoms with E-state index in [0.29, 0.717) is 24.5 Å². The van der Waals surface area contributed by atoms with Gasteiger partial charge in [-0.05, 0) is 26.7 Å². The zero-order chi connectivity index (χ0) is 13.0. The predicted octanol–water partition coefficient (Wildman–Crippen LogP) is 1.51. The summed E-state index contributed by atoms with van der Waals surface area (Å²) >= 11 is 0. The fourth-order valence-electron chi connectivity index (χ4n) is 1.95. The van der Waals surface area contributed by atoms with Crippen molar-refractivity contribution in [2.75, 3.05) is 23.4 Å². The molecule has 1 saturated heterocycles. The summed E-state index contributed by atoms with van der Waals surface area (Å²) in [5.74, 6) is 2.74. The van der Waals surface area contributed by atoms with Gasteiger partial charge in [0.05, 0.1) is 6.61 Å². The van der Waals surface area contributed by atoms with Crippen LogP contribution in [0.25, 0.3) is 0 Å². The van der Waals surface area contributed by atoms with Crippen LogP contribution in [0.15, 0.2) is 6.07 Å². The highest BCUT2D eigenvalue weighted by Crippen LogP contribution is 2.16. The number of nitrogens with zero attached hydrogens (tertiary/aromatic N) is 2. The lowest BCUT2D eigenvalue weighted by Gasteiger charge is -2.22. The number of hydrogen-bond donors (Lipinski definition) is 1. The summed E-state index contributed by atoms with van der Waals surface area (Å²) in [4.78, 5) is 8.67. The molecule has 6 heteroatoms. The van der Waals surface area contributed by atoms with Gasteiger partial charge in [-0.25, -0.2) is 4.98 Å². The number of anilines is 1. The first-order valence-electron chi connectivity index (χ1n) is 6.27. The van der Waals surface area contributed by atoms with E-state index >= 15 is 0 Å². The molecule has 2 rings (SSSR count).